The predicted octanol–water partition coefficient (Wildman–Crippen LogP) is -0.249. The highest BCUT2D eigenvalue weighted by Crippen LogP contribution is 2.21. The molecule has 1 unspecified atom stereocenters. The molecule has 0 aliphatic carbocycles. The van der Waals surface area contributed by atoms with Crippen molar-refractivity contribution in [3.05, 3.63) is 10.1 Å². The number of nitrogens with two attached hydrogens (primary N) is 1. The van der Waals surface area contributed by atoms with Crippen LogP contribution >= 0.6 is 0 Å². The normalized spacial score (nSPS) is 33.6. The van der Waals surface area contributed by atoms with Gasteiger partial charge >= 0.3 is 5.79 Å². The molecule has 0 aromatic heterocycles. The lowest BCUT2D eigenvalue weighted by atomic mass is 10.1. The first-order valence-electron chi connectivity index (χ1n) is 3.47. The monoisotopic (exact) mass is 161 g/mol. The van der Waals surface area contributed by atoms with Gasteiger partial charge in [-0.3, -0.25) is 10.1 Å². The molecule has 11 heavy (non-hydrogen) atoms. The van der Waals surface area contributed by atoms with Crippen LogP contribution in [0.25, 0.3) is 0 Å². The van der Waals surface area contributed by atoms with Crippen LogP contribution < -0.4 is 5.73 Å². The zero-order chi connectivity index (χ0) is 8.48. The summed E-state index contributed by atoms with van der Waals surface area (Å²) in [6.07, 6.45) is 1.65. The number of hydroxylamine groups is 2. The Hall–Kier alpha value is -0.720. The van der Waals surface area contributed by atoms with Gasteiger partial charge in [-0.05, 0) is 12.8 Å². The van der Waals surface area contributed by atoms with Crippen molar-refractivity contribution in [1.29, 1.82) is 0 Å². The number of hydrogen-bond acceptors (Lipinski definition) is 5. The van der Waals surface area contributed by atoms with Gasteiger partial charge in [-0.25, -0.2) is 5.73 Å². The van der Waals surface area contributed by atoms with Gasteiger partial charge in [-0.1, -0.05) is 0 Å². The van der Waals surface area contributed by atoms with E-state index in [1.807, 2.05) is 0 Å². The molecular formula is C5H11N3O3. The van der Waals surface area contributed by atoms with Gasteiger partial charge in [-0.2, -0.15) is 0 Å². The Balaban J connectivity index is 2.72. The Labute approximate surface area is 63.7 Å². The van der Waals surface area contributed by atoms with Gasteiger partial charge in [0.05, 0.1) is 11.3 Å². The fraction of sp³-hybridized carbons (Fsp3) is 1.00. The van der Waals surface area contributed by atoms with Crippen molar-refractivity contribution in [1.82, 2.24) is 5.06 Å². The van der Waals surface area contributed by atoms with E-state index in [2.05, 4.69) is 0 Å². The summed E-state index contributed by atoms with van der Waals surface area (Å²) in [6.45, 7) is 0.275. The van der Waals surface area contributed by atoms with Crippen LogP contribution in [0.5, 0.6) is 0 Å². The summed E-state index contributed by atoms with van der Waals surface area (Å²) in [4.78, 5) is 9.72. The number of rotatable bonds is 1. The van der Waals surface area contributed by atoms with Gasteiger partial charge in [0.2, 0.25) is 0 Å². The fourth-order valence-corrected chi connectivity index (χ4v) is 1.15. The van der Waals surface area contributed by atoms with E-state index in [0.29, 0.717) is 11.5 Å². The van der Waals surface area contributed by atoms with Crippen molar-refractivity contribution in [3.8, 4) is 0 Å². The Morgan fingerprint density at radius 1 is 1.64 bits per heavy atom. The Morgan fingerprint density at radius 2 is 2.27 bits per heavy atom. The quantitative estimate of drug-likeness (QED) is 0.314. The maximum atomic E-state index is 10.4. The van der Waals surface area contributed by atoms with E-state index in [0.717, 1.165) is 6.42 Å². The molecule has 1 aliphatic rings. The van der Waals surface area contributed by atoms with E-state index in [1.165, 1.54) is 0 Å². The maximum absolute atomic E-state index is 10.4. The summed E-state index contributed by atoms with van der Waals surface area (Å²) in [6, 6.07) is 0. The number of hydrogen-bond donors (Lipinski definition) is 2. The molecule has 3 N–H and O–H groups in total. The van der Waals surface area contributed by atoms with Crippen LogP contribution in [-0.2, 0) is 0 Å². The predicted molar refractivity (Wildman–Crippen MR) is 36.3 cm³/mol. The molecule has 0 radical (unpaired) electrons. The molecule has 1 saturated heterocycles. The Bertz CT molecular complexity index is 174. The minimum atomic E-state index is -1.75. The highest BCUT2D eigenvalue weighted by atomic mass is 16.7. The van der Waals surface area contributed by atoms with E-state index in [-0.39, 0.29) is 13.0 Å². The summed E-state index contributed by atoms with van der Waals surface area (Å²) < 4.78 is 0. The third kappa shape index (κ3) is 1.32. The van der Waals surface area contributed by atoms with Crippen LogP contribution in [0.2, 0.25) is 0 Å². The Morgan fingerprint density at radius 3 is 2.64 bits per heavy atom. The van der Waals surface area contributed by atoms with Gasteiger partial charge in [-0.15, -0.1) is 5.06 Å². The zero-order valence-corrected chi connectivity index (χ0v) is 6.06. The molecule has 1 atom stereocenters. The second kappa shape index (κ2) is 2.72. The van der Waals surface area contributed by atoms with Crippen LogP contribution in [-0.4, -0.2) is 27.5 Å². The van der Waals surface area contributed by atoms with Crippen LogP contribution in [0.4, 0.5) is 0 Å². The summed E-state index contributed by atoms with van der Waals surface area (Å²) >= 11 is 0. The summed E-state index contributed by atoms with van der Waals surface area (Å²) in [7, 11) is 0. The second-order valence-corrected chi connectivity index (χ2v) is 2.72. The third-order valence-electron chi connectivity index (χ3n) is 1.93. The zero-order valence-electron chi connectivity index (χ0n) is 6.06. The van der Waals surface area contributed by atoms with E-state index >= 15 is 0 Å². The molecule has 64 valence electrons. The lowest BCUT2D eigenvalue weighted by Gasteiger charge is -2.31. The SMILES string of the molecule is NC1([N+](=O)[O-])CCCCN1O. The lowest BCUT2D eigenvalue weighted by molar-refractivity contribution is -0.628. The van der Waals surface area contributed by atoms with Crippen molar-refractivity contribution >= 4 is 0 Å². The molecule has 0 saturated carbocycles. The van der Waals surface area contributed by atoms with Gasteiger partial charge in [0, 0.05) is 6.54 Å². The molecular weight excluding hydrogens is 150 g/mol. The number of nitrogens with zero attached hydrogens (tertiary/aromatic N) is 2. The number of nitro groups is 1. The average Bonchev–Trinajstić information content (AvgIpc) is 1.95. The molecule has 6 heteroatoms. The fourth-order valence-electron chi connectivity index (χ4n) is 1.15. The minimum absolute atomic E-state index is 0.205. The first-order chi connectivity index (χ1) is 5.07. The highest BCUT2D eigenvalue weighted by molar-refractivity contribution is 4.72. The van der Waals surface area contributed by atoms with Crippen molar-refractivity contribution in [2.24, 2.45) is 5.73 Å². The standard InChI is InChI=1S/C5H11N3O3/c6-5(8(10)11)3-1-2-4-7(5)9/h9H,1-4,6H2. The molecule has 0 aromatic rings. The number of piperidine rings is 1. The van der Waals surface area contributed by atoms with Crippen LogP contribution in [0.3, 0.4) is 0 Å². The lowest BCUT2D eigenvalue weighted by Crippen LogP contribution is -2.62. The molecule has 0 spiro atoms. The molecule has 1 rings (SSSR count). The molecule has 6 nitrogen and oxygen atoms in total. The van der Waals surface area contributed by atoms with Crippen LogP contribution in [0.15, 0.2) is 0 Å². The van der Waals surface area contributed by atoms with E-state index in [4.69, 9.17) is 10.9 Å². The van der Waals surface area contributed by atoms with Gasteiger partial charge in [0.15, 0.2) is 0 Å². The van der Waals surface area contributed by atoms with Gasteiger partial charge in [0.25, 0.3) is 0 Å². The van der Waals surface area contributed by atoms with Gasteiger partial charge in [0.1, 0.15) is 0 Å². The van der Waals surface area contributed by atoms with Crippen molar-refractivity contribution in [2.75, 3.05) is 6.54 Å². The molecule has 1 heterocycles. The molecule has 0 amide bonds. The maximum Gasteiger partial charge on any atom is 0.353 e. The van der Waals surface area contributed by atoms with Crippen molar-refractivity contribution < 1.29 is 10.1 Å². The topological polar surface area (TPSA) is 92.6 Å². The third-order valence-corrected chi connectivity index (χ3v) is 1.93. The molecule has 1 aliphatic heterocycles. The van der Waals surface area contributed by atoms with E-state index < -0.39 is 10.7 Å². The van der Waals surface area contributed by atoms with Crippen LogP contribution in [0.1, 0.15) is 19.3 Å². The first kappa shape index (κ1) is 8.38. The summed E-state index contributed by atoms with van der Waals surface area (Å²) in [5.74, 6) is -1.75. The average molecular weight is 161 g/mol. The minimum Gasteiger partial charge on any atom is -0.307 e. The highest BCUT2D eigenvalue weighted by Gasteiger charge is 2.46. The van der Waals surface area contributed by atoms with E-state index in [9.17, 15) is 10.1 Å². The molecule has 0 bridgehead atoms. The van der Waals surface area contributed by atoms with Crippen LogP contribution in [0, 0.1) is 10.1 Å². The molecule has 1 fully saturated rings. The largest absolute Gasteiger partial charge is 0.353 e. The second-order valence-electron chi connectivity index (χ2n) is 2.72. The summed E-state index contributed by atoms with van der Waals surface area (Å²) in [5.41, 5.74) is 5.32. The van der Waals surface area contributed by atoms with Gasteiger partial charge < -0.3 is 5.21 Å². The van der Waals surface area contributed by atoms with Crippen molar-refractivity contribution in [3.63, 3.8) is 0 Å². The molecule has 0 aromatic carbocycles. The summed E-state index contributed by atoms with van der Waals surface area (Å²) in [5, 5.41) is 20.0. The van der Waals surface area contributed by atoms with Crippen molar-refractivity contribution in [2.45, 2.75) is 25.0 Å². The Kier molecular flexibility index (Phi) is 2.08. The first-order valence-corrected chi connectivity index (χ1v) is 3.47. The smallest absolute Gasteiger partial charge is 0.307 e. The van der Waals surface area contributed by atoms with E-state index in [1.54, 1.807) is 0 Å².